The number of amides is 3. The fraction of sp³-hybridized carbons (Fsp3) is 0.786. The number of hydrogen-bond donors (Lipinski definition) is 3. The van der Waals surface area contributed by atoms with Gasteiger partial charge in [0.25, 0.3) is 0 Å². The molecule has 0 rings (SSSR count). The Labute approximate surface area is 126 Å². The molecule has 0 aliphatic carbocycles. The zero-order valence-corrected chi connectivity index (χ0v) is 13.3. The van der Waals surface area contributed by atoms with Gasteiger partial charge in [0.1, 0.15) is 6.54 Å². The van der Waals surface area contributed by atoms with Gasteiger partial charge < -0.3 is 20.6 Å². The van der Waals surface area contributed by atoms with Crippen LogP contribution in [0.5, 0.6) is 0 Å². The minimum absolute atomic E-state index is 0.0297. The first-order valence-electron chi connectivity index (χ1n) is 7.34. The first-order valence-corrected chi connectivity index (χ1v) is 7.34. The van der Waals surface area contributed by atoms with Crippen LogP contribution in [-0.4, -0.2) is 54.1 Å². The van der Waals surface area contributed by atoms with Crippen molar-refractivity contribution in [2.24, 2.45) is 11.8 Å². The van der Waals surface area contributed by atoms with Crippen LogP contribution in [0.15, 0.2) is 0 Å². The van der Waals surface area contributed by atoms with Gasteiger partial charge in [0.15, 0.2) is 0 Å². The van der Waals surface area contributed by atoms with Gasteiger partial charge in [0.05, 0.1) is 5.92 Å². The highest BCUT2D eigenvalue weighted by Gasteiger charge is 2.21. The van der Waals surface area contributed by atoms with Crippen molar-refractivity contribution in [3.05, 3.63) is 0 Å². The molecule has 0 saturated carbocycles. The quantitative estimate of drug-likeness (QED) is 0.589. The van der Waals surface area contributed by atoms with Crippen LogP contribution in [0.2, 0.25) is 0 Å². The van der Waals surface area contributed by atoms with Gasteiger partial charge in [-0.2, -0.15) is 0 Å². The lowest BCUT2D eigenvalue weighted by Gasteiger charge is -2.22. The minimum Gasteiger partial charge on any atom is -0.481 e. The Morgan fingerprint density at radius 2 is 1.76 bits per heavy atom. The van der Waals surface area contributed by atoms with Gasteiger partial charge in [0.2, 0.25) is 5.91 Å². The summed E-state index contributed by atoms with van der Waals surface area (Å²) in [7, 11) is 0. The van der Waals surface area contributed by atoms with E-state index in [0.717, 1.165) is 0 Å². The van der Waals surface area contributed by atoms with E-state index in [1.54, 1.807) is 13.8 Å². The summed E-state index contributed by atoms with van der Waals surface area (Å²) in [5.41, 5.74) is 0. The smallest absolute Gasteiger partial charge is 0.317 e. The average Bonchev–Trinajstić information content (AvgIpc) is 2.40. The third-order valence-electron chi connectivity index (χ3n) is 2.98. The van der Waals surface area contributed by atoms with E-state index in [4.69, 9.17) is 5.11 Å². The van der Waals surface area contributed by atoms with E-state index in [-0.39, 0.29) is 24.9 Å². The van der Waals surface area contributed by atoms with Crippen LogP contribution in [0.1, 0.15) is 34.1 Å². The molecule has 3 amide bonds. The number of rotatable bonds is 9. The monoisotopic (exact) mass is 301 g/mol. The zero-order valence-electron chi connectivity index (χ0n) is 13.3. The molecule has 0 aromatic carbocycles. The summed E-state index contributed by atoms with van der Waals surface area (Å²) >= 11 is 0. The van der Waals surface area contributed by atoms with Crippen LogP contribution in [0, 0.1) is 11.8 Å². The predicted octanol–water partition coefficient (Wildman–Crippen LogP) is 0.901. The summed E-state index contributed by atoms with van der Waals surface area (Å²) in [6.07, 6.45) is 0.498. The zero-order chi connectivity index (χ0) is 16.4. The normalized spacial score (nSPS) is 11.9. The second-order valence-corrected chi connectivity index (χ2v) is 5.32. The fourth-order valence-corrected chi connectivity index (χ4v) is 1.92. The standard InChI is InChI=1S/C14H27N3O4/c1-5-15-12(18)9-17(6-2)14(21)16-8-11(13(19)20)7-10(3)4/h10-11H,5-9H2,1-4H3,(H,15,18)(H,16,21)(H,19,20). The van der Waals surface area contributed by atoms with Crippen LogP contribution in [0.4, 0.5) is 4.79 Å². The summed E-state index contributed by atoms with van der Waals surface area (Å²) in [6, 6.07) is -0.418. The lowest BCUT2D eigenvalue weighted by Crippen LogP contribution is -2.47. The van der Waals surface area contributed by atoms with Crippen LogP contribution in [0.25, 0.3) is 0 Å². The topological polar surface area (TPSA) is 98.7 Å². The molecule has 7 nitrogen and oxygen atoms in total. The highest BCUT2D eigenvalue weighted by atomic mass is 16.4. The van der Waals surface area contributed by atoms with Crippen molar-refractivity contribution < 1.29 is 19.5 Å². The molecule has 0 fully saturated rings. The molecule has 0 aromatic heterocycles. The molecule has 0 aromatic rings. The van der Waals surface area contributed by atoms with Crippen LogP contribution >= 0.6 is 0 Å². The van der Waals surface area contributed by atoms with Crippen molar-refractivity contribution in [1.29, 1.82) is 0 Å². The predicted molar refractivity (Wildman–Crippen MR) is 79.9 cm³/mol. The summed E-state index contributed by atoms with van der Waals surface area (Å²) in [5, 5.41) is 14.3. The molecule has 1 atom stereocenters. The number of nitrogens with one attached hydrogen (secondary N) is 2. The van der Waals surface area contributed by atoms with Gasteiger partial charge in [-0.3, -0.25) is 9.59 Å². The molecule has 0 bridgehead atoms. The van der Waals surface area contributed by atoms with E-state index in [1.807, 2.05) is 13.8 Å². The first kappa shape index (κ1) is 19.2. The summed E-state index contributed by atoms with van der Waals surface area (Å²) in [5.74, 6) is -1.53. The third kappa shape index (κ3) is 8.16. The Morgan fingerprint density at radius 3 is 2.19 bits per heavy atom. The maximum Gasteiger partial charge on any atom is 0.317 e. The second kappa shape index (κ2) is 10.0. The number of carbonyl (C=O) groups excluding carboxylic acids is 2. The molecule has 21 heavy (non-hydrogen) atoms. The number of hydrogen-bond acceptors (Lipinski definition) is 3. The van der Waals surface area contributed by atoms with E-state index < -0.39 is 17.9 Å². The largest absolute Gasteiger partial charge is 0.481 e. The maximum atomic E-state index is 12.0. The van der Waals surface area contributed by atoms with Crippen molar-refractivity contribution in [3.8, 4) is 0 Å². The Bertz CT molecular complexity index is 358. The average molecular weight is 301 g/mol. The molecule has 122 valence electrons. The molecule has 7 heteroatoms. The van der Waals surface area contributed by atoms with Crippen LogP contribution in [0.3, 0.4) is 0 Å². The Kier molecular flexibility index (Phi) is 9.16. The van der Waals surface area contributed by atoms with Crippen molar-refractivity contribution in [2.45, 2.75) is 34.1 Å². The molecule has 3 N–H and O–H groups in total. The SMILES string of the molecule is CCNC(=O)CN(CC)C(=O)NCC(CC(C)C)C(=O)O. The van der Waals surface area contributed by atoms with Gasteiger partial charge in [-0.25, -0.2) is 4.79 Å². The number of likely N-dealkylation sites (N-methyl/N-ethyl adjacent to an activating group) is 2. The summed E-state index contributed by atoms with van der Waals surface area (Å²) < 4.78 is 0. The number of carboxylic acid groups (broad SMARTS) is 1. The van der Waals surface area contributed by atoms with E-state index in [0.29, 0.717) is 19.5 Å². The Morgan fingerprint density at radius 1 is 1.14 bits per heavy atom. The van der Waals surface area contributed by atoms with Gasteiger partial charge in [-0.05, 0) is 26.2 Å². The first-order chi connectivity index (χ1) is 9.81. The minimum atomic E-state index is -0.921. The number of carboxylic acids is 1. The fourth-order valence-electron chi connectivity index (χ4n) is 1.92. The molecular weight excluding hydrogens is 274 g/mol. The lowest BCUT2D eigenvalue weighted by atomic mass is 9.97. The molecule has 0 saturated heterocycles. The molecular formula is C14H27N3O4. The number of aliphatic carboxylic acids is 1. The van der Waals surface area contributed by atoms with Crippen molar-refractivity contribution in [3.63, 3.8) is 0 Å². The molecule has 0 spiro atoms. The van der Waals surface area contributed by atoms with Crippen molar-refractivity contribution in [2.75, 3.05) is 26.2 Å². The number of carbonyl (C=O) groups is 3. The van der Waals surface area contributed by atoms with E-state index in [2.05, 4.69) is 10.6 Å². The van der Waals surface area contributed by atoms with E-state index in [1.165, 1.54) is 4.90 Å². The van der Waals surface area contributed by atoms with E-state index in [9.17, 15) is 14.4 Å². The summed E-state index contributed by atoms with van der Waals surface area (Å²) in [6.45, 7) is 8.37. The highest BCUT2D eigenvalue weighted by molar-refractivity contribution is 5.84. The lowest BCUT2D eigenvalue weighted by molar-refractivity contribution is -0.142. The van der Waals surface area contributed by atoms with Gasteiger partial charge >= 0.3 is 12.0 Å². The molecule has 0 aliphatic heterocycles. The van der Waals surface area contributed by atoms with E-state index >= 15 is 0 Å². The van der Waals surface area contributed by atoms with Crippen LogP contribution in [-0.2, 0) is 9.59 Å². The number of nitrogens with zero attached hydrogens (tertiary/aromatic N) is 1. The van der Waals surface area contributed by atoms with Gasteiger partial charge in [-0.1, -0.05) is 13.8 Å². The summed E-state index contributed by atoms with van der Waals surface area (Å²) in [4.78, 5) is 35.9. The Balaban J connectivity index is 4.42. The number of urea groups is 1. The van der Waals surface area contributed by atoms with Crippen LogP contribution < -0.4 is 10.6 Å². The molecule has 0 heterocycles. The highest BCUT2D eigenvalue weighted by Crippen LogP contribution is 2.11. The molecule has 1 unspecified atom stereocenters. The molecule has 0 aliphatic rings. The van der Waals surface area contributed by atoms with Gasteiger partial charge in [0, 0.05) is 19.6 Å². The third-order valence-corrected chi connectivity index (χ3v) is 2.98. The van der Waals surface area contributed by atoms with Crippen molar-refractivity contribution in [1.82, 2.24) is 15.5 Å². The molecule has 0 radical (unpaired) electrons. The maximum absolute atomic E-state index is 12.0. The Hall–Kier alpha value is -1.79. The second-order valence-electron chi connectivity index (χ2n) is 5.32. The van der Waals surface area contributed by atoms with Gasteiger partial charge in [-0.15, -0.1) is 0 Å². The van der Waals surface area contributed by atoms with Crippen molar-refractivity contribution >= 4 is 17.9 Å².